The zero-order valence-electron chi connectivity index (χ0n) is 17.1. The molecule has 3 aromatic rings. The second-order valence-corrected chi connectivity index (χ2v) is 7.62. The number of esters is 1. The number of para-hydroxylation sites is 1. The number of pyridine rings is 1. The lowest BCUT2D eigenvalue weighted by atomic mass is 10.1. The van der Waals surface area contributed by atoms with Crippen LogP contribution in [0.1, 0.15) is 45.1 Å². The molecule has 0 unspecified atom stereocenters. The van der Waals surface area contributed by atoms with Crippen LogP contribution >= 0.6 is 0 Å². The van der Waals surface area contributed by atoms with Gasteiger partial charge in [-0.1, -0.05) is 12.1 Å². The summed E-state index contributed by atoms with van der Waals surface area (Å²) in [6.07, 6.45) is 2.24. The summed E-state index contributed by atoms with van der Waals surface area (Å²) >= 11 is 0. The number of nitrogens with zero attached hydrogens (tertiary/aromatic N) is 1. The zero-order chi connectivity index (χ0) is 21.3. The molecule has 0 amide bonds. The van der Waals surface area contributed by atoms with Crippen LogP contribution in [0.5, 0.6) is 0 Å². The van der Waals surface area contributed by atoms with Crippen LogP contribution in [0.3, 0.4) is 0 Å². The fourth-order valence-corrected chi connectivity index (χ4v) is 3.95. The highest BCUT2D eigenvalue weighted by atomic mass is 16.5. The fourth-order valence-electron chi connectivity index (χ4n) is 3.95. The van der Waals surface area contributed by atoms with E-state index < -0.39 is 12.6 Å². The van der Waals surface area contributed by atoms with Gasteiger partial charge in [-0.15, -0.1) is 0 Å². The lowest BCUT2D eigenvalue weighted by molar-refractivity contribution is 0.0469. The van der Waals surface area contributed by atoms with E-state index in [1.165, 1.54) is 6.07 Å². The number of rotatable bonds is 6. The van der Waals surface area contributed by atoms with E-state index >= 15 is 0 Å². The van der Waals surface area contributed by atoms with Gasteiger partial charge >= 0.3 is 5.97 Å². The Morgan fingerprint density at radius 1 is 1.23 bits per heavy atom. The zero-order valence-corrected chi connectivity index (χ0v) is 17.1. The third-order valence-electron chi connectivity index (χ3n) is 5.58. The minimum atomic E-state index is -0.737. The van der Waals surface area contributed by atoms with Crippen LogP contribution in [0.25, 0.3) is 10.9 Å². The molecule has 0 bridgehead atoms. The molecule has 1 aliphatic rings. The van der Waals surface area contributed by atoms with Crippen molar-refractivity contribution in [3.05, 3.63) is 69.3 Å². The fraction of sp³-hybridized carbons (Fsp3) is 0.348. The average Bonchev–Trinajstić information content (AvgIpc) is 3.35. The number of H-pyrrole nitrogens is 1. The summed E-state index contributed by atoms with van der Waals surface area (Å²) in [5.74, 6) is -1.02. The van der Waals surface area contributed by atoms with E-state index in [0.29, 0.717) is 23.0 Å². The molecule has 0 spiro atoms. The van der Waals surface area contributed by atoms with Gasteiger partial charge in [0.15, 0.2) is 12.0 Å². The molecule has 30 heavy (non-hydrogen) atoms. The van der Waals surface area contributed by atoms with Crippen LogP contribution < -0.4 is 5.43 Å². The van der Waals surface area contributed by atoms with Crippen molar-refractivity contribution >= 4 is 22.7 Å². The molecule has 156 valence electrons. The molecule has 3 heterocycles. The number of aromatic nitrogens is 2. The Morgan fingerprint density at radius 3 is 2.80 bits per heavy atom. The second kappa shape index (κ2) is 8.28. The second-order valence-electron chi connectivity index (χ2n) is 7.62. The Balaban J connectivity index is 1.46. The monoisotopic (exact) mass is 408 g/mol. The van der Waals surface area contributed by atoms with E-state index in [0.717, 1.165) is 30.8 Å². The van der Waals surface area contributed by atoms with Crippen LogP contribution in [0.15, 0.2) is 41.2 Å². The Morgan fingerprint density at radius 2 is 2.03 bits per heavy atom. The van der Waals surface area contributed by atoms with Gasteiger partial charge in [0.05, 0.1) is 6.10 Å². The highest BCUT2D eigenvalue weighted by Crippen LogP contribution is 2.21. The predicted octanol–water partition coefficient (Wildman–Crippen LogP) is 3.17. The number of hydrogen-bond donors (Lipinski definition) is 1. The number of Topliss-reactive ketones (excluding diaryl/α,β-unsaturated/α-hetero) is 1. The molecule has 1 N–H and O–H groups in total. The normalized spacial score (nSPS) is 16.1. The molecule has 1 aliphatic heterocycles. The molecule has 1 atom stereocenters. The lowest BCUT2D eigenvalue weighted by Gasteiger charge is -2.14. The topological polar surface area (TPSA) is 90.4 Å². The summed E-state index contributed by atoms with van der Waals surface area (Å²) in [4.78, 5) is 40.2. The Hall–Kier alpha value is -3.19. The molecule has 0 radical (unpaired) electrons. The third-order valence-corrected chi connectivity index (χ3v) is 5.58. The Labute approximate surface area is 173 Å². The first-order valence-corrected chi connectivity index (χ1v) is 10.0. The maximum Gasteiger partial charge on any atom is 0.355 e. The van der Waals surface area contributed by atoms with E-state index in [1.54, 1.807) is 24.3 Å². The van der Waals surface area contributed by atoms with Crippen LogP contribution in [0, 0.1) is 13.8 Å². The molecule has 7 heteroatoms. The number of aryl methyl sites for hydroxylation is 1. The van der Waals surface area contributed by atoms with Gasteiger partial charge < -0.3 is 19.0 Å². The van der Waals surface area contributed by atoms with Crippen LogP contribution in [0.2, 0.25) is 0 Å². The van der Waals surface area contributed by atoms with Crippen molar-refractivity contribution in [2.45, 2.75) is 39.3 Å². The number of carbonyl (C=O) groups is 2. The molecule has 2 aromatic heterocycles. The molecule has 1 fully saturated rings. The summed E-state index contributed by atoms with van der Waals surface area (Å²) in [7, 11) is 0. The largest absolute Gasteiger partial charge is 0.453 e. The number of carbonyl (C=O) groups excluding carboxylic acids is 2. The maximum atomic E-state index is 12.7. The smallest absolute Gasteiger partial charge is 0.355 e. The molecule has 0 saturated carbocycles. The van der Waals surface area contributed by atoms with E-state index in [2.05, 4.69) is 9.55 Å². The van der Waals surface area contributed by atoms with Crippen molar-refractivity contribution in [3.63, 3.8) is 0 Å². The molecule has 0 aliphatic carbocycles. The average molecular weight is 408 g/mol. The van der Waals surface area contributed by atoms with Crippen molar-refractivity contribution < 1.29 is 19.1 Å². The summed E-state index contributed by atoms with van der Waals surface area (Å²) in [6.45, 7) is 4.94. The Kier molecular flexibility index (Phi) is 5.55. The summed E-state index contributed by atoms with van der Waals surface area (Å²) < 4.78 is 13.0. The van der Waals surface area contributed by atoms with Crippen molar-refractivity contribution in [3.8, 4) is 0 Å². The van der Waals surface area contributed by atoms with E-state index in [9.17, 15) is 14.4 Å². The standard InChI is InChI=1S/C23H24N2O5/c1-14-10-18(15(2)25(14)12-16-6-5-9-29-16)22(27)13-30-23(28)20-11-21(26)17-7-3-4-8-19(17)24-20/h3-4,7-8,10-11,16H,5-6,9,12-13H2,1-2H3,(H,24,26)/t16-/m0/s1. The van der Waals surface area contributed by atoms with Crippen molar-refractivity contribution in [2.75, 3.05) is 13.2 Å². The lowest BCUT2D eigenvalue weighted by Crippen LogP contribution is -2.19. The highest BCUT2D eigenvalue weighted by Gasteiger charge is 2.22. The number of nitrogens with one attached hydrogen (secondary N) is 1. The number of ketones is 1. The first-order chi connectivity index (χ1) is 14.4. The summed E-state index contributed by atoms with van der Waals surface area (Å²) in [5, 5.41) is 0.490. The number of aromatic amines is 1. The predicted molar refractivity (Wildman–Crippen MR) is 112 cm³/mol. The first-order valence-electron chi connectivity index (χ1n) is 10.0. The molecule has 1 saturated heterocycles. The number of ether oxygens (including phenoxy) is 2. The third kappa shape index (κ3) is 3.93. The van der Waals surface area contributed by atoms with Gasteiger partial charge in [-0.25, -0.2) is 4.79 Å². The van der Waals surface area contributed by atoms with Crippen LogP contribution in [-0.4, -0.2) is 40.6 Å². The van der Waals surface area contributed by atoms with Gasteiger partial charge in [-0.2, -0.15) is 0 Å². The molecular weight excluding hydrogens is 384 g/mol. The number of benzene rings is 1. The van der Waals surface area contributed by atoms with Gasteiger partial charge in [-0.05, 0) is 44.9 Å². The van der Waals surface area contributed by atoms with Crippen molar-refractivity contribution in [1.29, 1.82) is 0 Å². The Bertz CT molecular complexity index is 1170. The van der Waals surface area contributed by atoms with E-state index in [-0.39, 0.29) is 23.0 Å². The first kappa shape index (κ1) is 20.1. The number of hydrogen-bond acceptors (Lipinski definition) is 5. The maximum absolute atomic E-state index is 12.7. The molecular formula is C23H24N2O5. The highest BCUT2D eigenvalue weighted by molar-refractivity contribution is 6.00. The van der Waals surface area contributed by atoms with E-state index in [4.69, 9.17) is 9.47 Å². The van der Waals surface area contributed by atoms with Gasteiger partial charge in [0.2, 0.25) is 5.78 Å². The quantitative estimate of drug-likeness (QED) is 0.500. The number of fused-ring (bicyclic) bond motifs is 1. The van der Waals surface area contributed by atoms with Crippen LogP contribution in [0.4, 0.5) is 0 Å². The van der Waals surface area contributed by atoms with Gasteiger partial charge in [0, 0.05) is 47.1 Å². The summed E-state index contributed by atoms with van der Waals surface area (Å²) in [6, 6.07) is 9.93. The minimum absolute atomic E-state index is 0.0235. The summed E-state index contributed by atoms with van der Waals surface area (Å²) in [5.41, 5.74) is 2.63. The van der Waals surface area contributed by atoms with Gasteiger partial charge in [0.25, 0.3) is 0 Å². The van der Waals surface area contributed by atoms with Crippen molar-refractivity contribution in [1.82, 2.24) is 9.55 Å². The SMILES string of the molecule is Cc1cc(C(=O)COC(=O)c2cc(=O)c3ccccc3[nH]2)c(C)n1C[C@@H]1CCCO1. The minimum Gasteiger partial charge on any atom is -0.453 e. The van der Waals surface area contributed by atoms with Gasteiger partial charge in [-0.3, -0.25) is 9.59 Å². The van der Waals surface area contributed by atoms with Crippen LogP contribution in [-0.2, 0) is 16.0 Å². The molecule has 7 nitrogen and oxygen atoms in total. The van der Waals surface area contributed by atoms with Gasteiger partial charge in [0.1, 0.15) is 5.69 Å². The van der Waals surface area contributed by atoms with E-state index in [1.807, 2.05) is 19.9 Å². The molecule has 4 rings (SSSR count). The van der Waals surface area contributed by atoms with Crippen molar-refractivity contribution in [2.24, 2.45) is 0 Å². The molecule has 1 aromatic carbocycles.